The summed E-state index contributed by atoms with van der Waals surface area (Å²) in [6, 6.07) is 0. The number of alkyl halides is 2. The van der Waals surface area contributed by atoms with Crippen LogP contribution in [0.4, 0.5) is 0 Å². The van der Waals surface area contributed by atoms with Gasteiger partial charge in [-0.25, -0.2) is 0 Å². The average Bonchev–Trinajstić information content (AvgIpc) is 2.77. The molecule has 2 N–H and O–H groups in total. The molecule has 0 aromatic carbocycles. The van der Waals surface area contributed by atoms with E-state index >= 15 is 0 Å². The zero-order chi connectivity index (χ0) is 25.6. The van der Waals surface area contributed by atoms with E-state index in [9.17, 15) is 24.6 Å². The monoisotopic (exact) mass is 512 g/mol. The number of ether oxygens (including phenoxy) is 1. The van der Waals surface area contributed by atoms with E-state index < -0.39 is 63.3 Å². The number of ketones is 2. The molecule has 6 nitrogen and oxygen atoms in total. The fraction of sp³-hybridized carbons (Fsp3) is 0.654. The summed E-state index contributed by atoms with van der Waals surface area (Å²) in [5, 5.41) is 21.6. The second kappa shape index (κ2) is 9.88. The number of fused-ring (bicyclic) bond motifs is 3. The van der Waals surface area contributed by atoms with E-state index in [1.807, 2.05) is 31.2 Å². The summed E-state index contributed by atoms with van der Waals surface area (Å²) < 4.78 is 2.83. The first-order valence-electron chi connectivity index (χ1n) is 11.8. The number of aliphatic hydroxyl groups is 2. The molecule has 1 fully saturated rings. The normalized spacial score (nSPS) is 47.1. The maximum absolute atomic E-state index is 14.0. The van der Waals surface area contributed by atoms with Gasteiger partial charge in [0.15, 0.2) is 11.6 Å². The standard InChI is InChI=1S/C26H34Cl2O6/c1-13-8-6-7-9-14(2)34-24(32)16(4)22(30)26(27,28)23(31)20-18(13)11-10-17-12-25(5,33)21(29)15(3)19(17)20/h6-11,13-21,29,33H,12H2,1-5H3/b8-6-,9-7+/t13-,14+,15+,16+,17-,18+,19-,20-,21-,25-/m1/s1. The van der Waals surface area contributed by atoms with Gasteiger partial charge < -0.3 is 14.9 Å². The smallest absolute Gasteiger partial charge is 0.316 e. The number of halogens is 2. The molecule has 0 saturated heterocycles. The number of hydrogen-bond donors (Lipinski definition) is 2. The number of carbonyl (C=O) groups is 3. The summed E-state index contributed by atoms with van der Waals surface area (Å²) in [6.45, 7) is 8.33. The van der Waals surface area contributed by atoms with Crippen LogP contribution >= 0.6 is 23.2 Å². The van der Waals surface area contributed by atoms with Crippen molar-refractivity contribution in [1.82, 2.24) is 0 Å². The van der Waals surface area contributed by atoms with Crippen molar-refractivity contribution in [3.05, 3.63) is 36.5 Å². The third-order valence-electron chi connectivity index (χ3n) is 7.78. The Morgan fingerprint density at radius 1 is 0.971 bits per heavy atom. The number of hydrogen-bond acceptors (Lipinski definition) is 6. The number of carbonyl (C=O) groups excluding carboxylic acids is 3. The molecule has 34 heavy (non-hydrogen) atoms. The van der Waals surface area contributed by atoms with Crippen LogP contribution in [-0.4, -0.2) is 49.9 Å². The molecule has 0 radical (unpaired) electrons. The molecule has 10 atom stereocenters. The van der Waals surface area contributed by atoms with Crippen molar-refractivity contribution in [2.45, 2.75) is 63.2 Å². The number of Topliss-reactive ketones (excluding diaryl/α,β-unsaturated/α-hetero) is 2. The van der Waals surface area contributed by atoms with E-state index in [1.165, 1.54) is 6.92 Å². The van der Waals surface area contributed by atoms with Crippen LogP contribution in [0.25, 0.3) is 0 Å². The van der Waals surface area contributed by atoms with E-state index in [-0.39, 0.29) is 24.2 Å². The first-order valence-corrected chi connectivity index (χ1v) is 12.6. The van der Waals surface area contributed by atoms with Crippen LogP contribution in [0, 0.1) is 41.4 Å². The maximum Gasteiger partial charge on any atom is 0.316 e. The summed E-state index contributed by atoms with van der Waals surface area (Å²) in [5.74, 6) is -6.12. The largest absolute Gasteiger partial charge is 0.458 e. The number of cyclic esters (lactones) is 1. The Balaban J connectivity index is 2.13. The molecule has 2 aliphatic carbocycles. The molecular weight excluding hydrogens is 479 g/mol. The third kappa shape index (κ3) is 4.92. The first kappa shape index (κ1) is 27.1. The van der Waals surface area contributed by atoms with Crippen molar-refractivity contribution >= 4 is 40.7 Å². The highest BCUT2D eigenvalue weighted by Gasteiger charge is 2.58. The van der Waals surface area contributed by atoms with Crippen molar-refractivity contribution in [2.24, 2.45) is 41.4 Å². The minimum atomic E-state index is -2.46. The molecule has 0 bridgehead atoms. The van der Waals surface area contributed by atoms with E-state index in [2.05, 4.69) is 0 Å². The zero-order valence-corrected chi connectivity index (χ0v) is 21.7. The molecule has 8 heteroatoms. The van der Waals surface area contributed by atoms with Crippen molar-refractivity contribution in [1.29, 1.82) is 0 Å². The van der Waals surface area contributed by atoms with Crippen molar-refractivity contribution < 1.29 is 29.3 Å². The van der Waals surface area contributed by atoms with Gasteiger partial charge in [-0.3, -0.25) is 14.4 Å². The molecule has 1 heterocycles. The Morgan fingerprint density at radius 3 is 2.24 bits per heavy atom. The molecule has 3 rings (SSSR count). The highest BCUT2D eigenvalue weighted by atomic mass is 35.5. The average molecular weight is 513 g/mol. The lowest BCUT2D eigenvalue weighted by molar-refractivity contribution is -0.162. The number of aliphatic hydroxyl groups excluding tert-OH is 1. The van der Waals surface area contributed by atoms with Gasteiger partial charge >= 0.3 is 5.97 Å². The Kier molecular flexibility index (Phi) is 7.88. The van der Waals surface area contributed by atoms with Crippen LogP contribution < -0.4 is 0 Å². The summed E-state index contributed by atoms with van der Waals surface area (Å²) in [5.41, 5.74) is -1.32. The lowest BCUT2D eigenvalue weighted by Gasteiger charge is -2.53. The van der Waals surface area contributed by atoms with Crippen LogP contribution in [0.3, 0.4) is 0 Å². The van der Waals surface area contributed by atoms with Gasteiger partial charge in [0.2, 0.25) is 4.33 Å². The van der Waals surface area contributed by atoms with Gasteiger partial charge in [0.25, 0.3) is 0 Å². The molecule has 0 aromatic heterocycles. The van der Waals surface area contributed by atoms with Gasteiger partial charge in [-0.2, -0.15) is 0 Å². The maximum atomic E-state index is 14.0. The number of allylic oxidation sites excluding steroid dienone is 5. The van der Waals surface area contributed by atoms with Crippen molar-refractivity contribution in [3.8, 4) is 0 Å². The molecular formula is C26H34Cl2O6. The highest BCUT2D eigenvalue weighted by Crippen LogP contribution is 2.52. The second-order valence-corrected chi connectivity index (χ2v) is 11.7. The zero-order valence-electron chi connectivity index (χ0n) is 20.2. The fourth-order valence-corrected chi connectivity index (χ4v) is 6.39. The lowest BCUT2D eigenvalue weighted by Crippen LogP contribution is -2.59. The Hall–Kier alpha value is -1.47. The minimum absolute atomic E-state index is 0.125. The predicted molar refractivity (Wildman–Crippen MR) is 130 cm³/mol. The van der Waals surface area contributed by atoms with Crippen LogP contribution in [0.15, 0.2) is 36.5 Å². The second-order valence-electron chi connectivity index (χ2n) is 10.4. The van der Waals surface area contributed by atoms with E-state index in [1.54, 1.807) is 32.9 Å². The van der Waals surface area contributed by atoms with E-state index in [0.717, 1.165) is 0 Å². The van der Waals surface area contributed by atoms with Crippen LogP contribution in [0.2, 0.25) is 0 Å². The van der Waals surface area contributed by atoms with Gasteiger partial charge in [0.1, 0.15) is 12.0 Å². The number of esters is 1. The van der Waals surface area contributed by atoms with Gasteiger partial charge in [0.05, 0.1) is 11.7 Å². The molecule has 3 aliphatic rings. The summed E-state index contributed by atoms with van der Waals surface area (Å²) in [7, 11) is 0. The SMILES string of the molecule is C[C@@H]1C(=O)O[C@@H](C)/C=C/C=C\[C@@H](C)[C@@H]2C=C[C@@H]3C[C@@](C)(O)[C@H](O)[C@@H](C)[C@H]3[C@@H]2C(=O)C(Cl)(Cl)C1=O. The van der Waals surface area contributed by atoms with Crippen LogP contribution in [0.5, 0.6) is 0 Å². The summed E-state index contributed by atoms with van der Waals surface area (Å²) in [4.78, 5) is 39.7. The number of rotatable bonds is 0. The summed E-state index contributed by atoms with van der Waals surface area (Å²) in [6.07, 6.45) is 9.75. The lowest BCUT2D eigenvalue weighted by atomic mass is 9.54. The van der Waals surface area contributed by atoms with Gasteiger partial charge in [-0.1, -0.05) is 67.4 Å². The Bertz CT molecular complexity index is 920. The minimum Gasteiger partial charge on any atom is -0.458 e. The molecule has 1 saturated carbocycles. The van der Waals surface area contributed by atoms with Crippen LogP contribution in [0.1, 0.15) is 41.0 Å². The molecule has 0 aromatic rings. The highest BCUT2D eigenvalue weighted by molar-refractivity contribution is 6.68. The Morgan fingerprint density at radius 2 is 1.59 bits per heavy atom. The van der Waals surface area contributed by atoms with E-state index in [4.69, 9.17) is 27.9 Å². The van der Waals surface area contributed by atoms with Gasteiger partial charge in [-0.15, -0.1) is 0 Å². The Labute approximate surface area is 211 Å². The van der Waals surface area contributed by atoms with Crippen molar-refractivity contribution in [3.63, 3.8) is 0 Å². The quantitative estimate of drug-likeness (QED) is 0.221. The predicted octanol–water partition coefficient (Wildman–Crippen LogP) is 3.81. The topological polar surface area (TPSA) is 101 Å². The third-order valence-corrected chi connectivity index (χ3v) is 8.53. The van der Waals surface area contributed by atoms with Crippen molar-refractivity contribution in [2.75, 3.05) is 0 Å². The first-order chi connectivity index (χ1) is 15.7. The van der Waals surface area contributed by atoms with Gasteiger partial charge in [-0.05, 0) is 62.9 Å². The molecule has 188 valence electrons. The molecule has 0 spiro atoms. The molecule has 0 unspecified atom stereocenters. The van der Waals surface area contributed by atoms with E-state index in [0.29, 0.717) is 0 Å². The van der Waals surface area contributed by atoms with Crippen LogP contribution in [-0.2, 0) is 19.1 Å². The molecule has 0 amide bonds. The summed E-state index contributed by atoms with van der Waals surface area (Å²) >= 11 is 12.9. The molecule has 1 aliphatic heterocycles. The fourth-order valence-electron chi connectivity index (χ4n) is 5.81. The van der Waals surface area contributed by atoms with Gasteiger partial charge in [0, 0.05) is 5.92 Å².